The van der Waals surface area contributed by atoms with Gasteiger partial charge >= 0.3 is 18.1 Å². The van der Waals surface area contributed by atoms with E-state index in [-0.39, 0.29) is 51.4 Å². The minimum Gasteiger partial charge on any atom is -0.463 e. The van der Waals surface area contributed by atoms with Crippen LogP contribution in [-0.2, 0) is 38.0 Å². The fourth-order valence-corrected chi connectivity index (χ4v) is 6.65. The van der Waals surface area contributed by atoms with Gasteiger partial charge in [-0.3, -0.25) is 9.59 Å². The van der Waals surface area contributed by atoms with Crippen molar-refractivity contribution in [3.63, 3.8) is 0 Å². The Balaban J connectivity index is 2.29. The summed E-state index contributed by atoms with van der Waals surface area (Å²) in [6.45, 7) is 15.3. The van der Waals surface area contributed by atoms with Crippen molar-refractivity contribution in [2.45, 2.75) is 156 Å². The Labute approximate surface area is 323 Å². The second kappa shape index (κ2) is 35.7. The predicted octanol–water partition coefficient (Wildman–Crippen LogP) is 8.95. The second-order valence-corrected chi connectivity index (χ2v) is 14.9. The van der Waals surface area contributed by atoms with Crippen LogP contribution in [0.3, 0.4) is 0 Å². The van der Waals surface area contributed by atoms with Gasteiger partial charge in [0.05, 0.1) is 32.7 Å². The van der Waals surface area contributed by atoms with E-state index in [0.717, 1.165) is 58.3 Å². The monoisotopic (exact) mass is 757 g/mol. The van der Waals surface area contributed by atoms with Crippen molar-refractivity contribution in [3.8, 4) is 0 Å². The van der Waals surface area contributed by atoms with E-state index < -0.39 is 6.16 Å². The minimum atomic E-state index is -0.713. The first-order valence-electron chi connectivity index (χ1n) is 21.6. The van der Waals surface area contributed by atoms with Crippen molar-refractivity contribution >= 4 is 18.1 Å². The Morgan fingerprint density at radius 2 is 1.06 bits per heavy atom. The minimum absolute atomic E-state index is 0.0179. The van der Waals surface area contributed by atoms with Crippen molar-refractivity contribution in [3.05, 3.63) is 0 Å². The van der Waals surface area contributed by atoms with Crippen LogP contribution >= 0.6 is 0 Å². The van der Waals surface area contributed by atoms with E-state index in [1.807, 2.05) is 0 Å². The molecule has 0 saturated carbocycles. The Morgan fingerprint density at radius 3 is 1.62 bits per heavy atom. The highest BCUT2D eigenvalue weighted by Gasteiger charge is 2.17. The molecule has 312 valence electrons. The first-order valence-corrected chi connectivity index (χ1v) is 21.6. The van der Waals surface area contributed by atoms with E-state index in [0.29, 0.717) is 44.7 Å². The third-order valence-electron chi connectivity index (χ3n) is 10.1. The van der Waals surface area contributed by atoms with Crippen LogP contribution in [0.4, 0.5) is 4.79 Å². The highest BCUT2D eigenvalue weighted by atomic mass is 16.7. The molecule has 0 spiro atoms. The summed E-state index contributed by atoms with van der Waals surface area (Å²) in [5, 5.41) is 0. The first-order chi connectivity index (χ1) is 25.9. The van der Waals surface area contributed by atoms with Crippen molar-refractivity contribution < 1.29 is 42.8 Å². The van der Waals surface area contributed by atoms with Crippen molar-refractivity contribution in [2.24, 2.45) is 11.8 Å². The number of ether oxygens (including phenoxy) is 6. The Bertz CT molecular complexity index is 872. The van der Waals surface area contributed by atoms with E-state index in [2.05, 4.69) is 37.5 Å². The maximum Gasteiger partial charge on any atom is 0.508 e. The molecule has 0 aromatic heterocycles. The van der Waals surface area contributed by atoms with Gasteiger partial charge in [-0.05, 0) is 63.5 Å². The fraction of sp³-hybridized carbons (Fsp3) is 0.929. The molecule has 1 rings (SSSR count). The van der Waals surface area contributed by atoms with Gasteiger partial charge in [0.2, 0.25) is 0 Å². The van der Waals surface area contributed by atoms with Crippen LogP contribution in [0, 0.1) is 11.8 Å². The molecule has 1 fully saturated rings. The summed E-state index contributed by atoms with van der Waals surface area (Å²) in [5.74, 6) is 0.285. The van der Waals surface area contributed by atoms with E-state index in [1.165, 1.54) is 83.5 Å². The van der Waals surface area contributed by atoms with E-state index >= 15 is 0 Å². The van der Waals surface area contributed by atoms with Crippen LogP contribution in [0.1, 0.15) is 156 Å². The van der Waals surface area contributed by atoms with Crippen LogP contribution in [0.15, 0.2) is 0 Å². The van der Waals surface area contributed by atoms with Crippen LogP contribution in [0.25, 0.3) is 0 Å². The number of rotatable bonds is 37. The largest absolute Gasteiger partial charge is 0.508 e. The molecule has 53 heavy (non-hydrogen) atoms. The lowest BCUT2D eigenvalue weighted by atomic mass is 9.96. The molecule has 11 nitrogen and oxygen atoms in total. The molecule has 0 N–H and O–H groups in total. The lowest BCUT2D eigenvalue weighted by Gasteiger charge is -2.24. The smallest absolute Gasteiger partial charge is 0.463 e. The maximum absolute atomic E-state index is 12.5. The quantitative estimate of drug-likeness (QED) is 0.0262. The lowest BCUT2D eigenvalue weighted by molar-refractivity contribution is -0.147. The number of likely N-dealkylation sites (tertiary alicyclic amines) is 1. The van der Waals surface area contributed by atoms with Crippen LogP contribution in [0.2, 0.25) is 0 Å². The maximum atomic E-state index is 12.5. The van der Waals surface area contributed by atoms with Gasteiger partial charge in [-0.1, -0.05) is 105 Å². The number of hydrogen-bond acceptors (Lipinski definition) is 11. The second-order valence-electron chi connectivity index (χ2n) is 14.9. The molecule has 0 aromatic rings. The van der Waals surface area contributed by atoms with Crippen molar-refractivity contribution in [2.75, 3.05) is 85.7 Å². The molecule has 0 aliphatic carbocycles. The number of carbonyl (C=O) groups is 3. The molecule has 0 radical (unpaired) electrons. The molecule has 0 amide bonds. The Morgan fingerprint density at radius 1 is 0.547 bits per heavy atom. The van der Waals surface area contributed by atoms with E-state index in [4.69, 9.17) is 28.4 Å². The van der Waals surface area contributed by atoms with E-state index in [9.17, 15) is 14.4 Å². The van der Waals surface area contributed by atoms with Gasteiger partial charge in [0.1, 0.15) is 26.6 Å². The molecule has 1 aliphatic heterocycles. The Hall–Kier alpha value is -1.95. The molecule has 1 heterocycles. The SMILES string of the molecule is CCCCCCC(CCCC)COCOCCOC(=O)CCN(CCC(=O)OCCOC(=O)OCC(CCCC)CCCCCC)CCN1CCCC1. The zero-order valence-corrected chi connectivity index (χ0v) is 34.6. The van der Waals surface area contributed by atoms with Gasteiger partial charge in [-0.2, -0.15) is 0 Å². The number of esters is 2. The number of hydrogen-bond donors (Lipinski definition) is 0. The molecule has 0 aromatic carbocycles. The molecule has 1 aliphatic rings. The van der Waals surface area contributed by atoms with E-state index in [1.54, 1.807) is 0 Å². The summed E-state index contributed by atoms with van der Waals surface area (Å²) in [5.41, 5.74) is 0. The summed E-state index contributed by atoms with van der Waals surface area (Å²) >= 11 is 0. The molecule has 1 saturated heterocycles. The van der Waals surface area contributed by atoms with Crippen LogP contribution < -0.4 is 0 Å². The average molecular weight is 757 g/mol. The molecular weight excluding hydrogens is 676 g/mol. The van der Waals surface area contributed by atoms with Gasteiger partial charge in [0, 0.05) is 26.2 Å². The predicted molar refractivity (Wildman–Crippen MR) is 211 cm³/mol. The van der Waals surface area contributed by atoms with Gasteiger partial charge in [-0.15, -0.1) is 0 Å². The number of nitrogens with zero attached hydrogens (tertiary/aromatic N) is 2. The van der Waals surface area contributed by atoms with Gasteiger partial charge in [0.15, 0.2) is 0 Å². The molecular formula is C42H80N2O9. The van der Waals surface area contributed by atoms with Crippen LogP contribution in [0.5, 0.6) is 0 Å². The molecule has 11 heteroatoms. The normalized spacial score (nSPS) is 14.4. The summed E-state index contributed by atoms with van der Waals surface area (Å²) < 4.78 is 32.6. The van der Waals surface area contributed by atoms with Crippen molar-refractivity contribution in [1.29, 1.82) is 0 Å². The Kier molecular flexibility index (Phi) is 33.1. The van der Waals surface area contributed by atoms with Gasteiger partial charge in [-0.25, -0.2) is 4.79 Å². The molecule has 2 atom stereocenters. The van der Waals surface area contributed by atoms with Gasteiger partial charge in [0.25, 0.3) is 0 Å². The number of unbranched alkanes of at least 4 members (excludes halogenated alkanes) is 8. The highest BCUT2D eigenvalue weighted by Crippen LogP contribution is 2.19. The molecule has 2 unspecified atom stereocenters. The fourth-order valence-electron chi connectivity index (χ4n) is 6.65. The molecule has 0 bridgehead atoms. The summed E-state index contributed by atoms with van der Waals surface area (Å²) in [6.07, 6.45) is 21.2. The summed E-state index contributed by atoms with van der Waals surface area (Å²) in [7, 11) is 0. The summed E-state index contributed by atoms with van der Waals surface area (Å²) in [4.78, 5) is 41.7. The zero-order valence-electron chi connectivity index (χ0n) is 34.6. The first kappa shape index (κ1) is 49.1. The highest BCUT2D eigenvalue weighted by molar-refractivity contribution is 5.70. The standard InChI is InChI=1S/C42H80N2O9/c1-5-9-13-15-21-38(19-11-7-3)35-49-37-48-31-32-50-40(45)23-27-44(30-29-43-25-17-18-26-43)28-24-41(46)51-33-34-52-42(47)53-36-39(20-12-8-4)22-16-14-10-6-2/h38-39H,5-37H2,1-4H3. The average Bonchev–Trinajstić information content (AvgIpc) is 3.69. The lowest BCUT2D eigenvalue weighted by Crippen LogP contribution is -2.36. The van der Waals surface area contributed by atoms with Gasteiger partial charge < -0.3 is 38.2 Å². The third kappa shape index (κ3) is 30.0. The van der Waals surface area contributed by atoms with Crippen LogP contribution in [-0.4, -0.2) is 114 Å². The zero-order chi connectivity index (χ0) is 38.6. The third-order valence-corrected chi connectivity index (χ3v) is 10.1. The number of carbonyl (C=O) groups excluding carboxylic acids is 3. The summed E-state index contributed by atoms with van der Waals surface area (Å²) in [6, 6.07) is 0. The topological polar surface area (TPSA) is 113 Å². The van der Waals surface area contributed by atoms with Crippen molar-refractivity contribution in [1.82, 2.24) is 9.80 Å².